The van der Waals surface area contributed by atoms with Gasteiger partial charge in [-0.05, 0) is 25.5 Å². The lowest BCUT2D eigenvalue weighted by Gasteiger charge is -2.23. The van der Waals surface area contributed by atoms with E-state index in [2.05, 4.69) is 24.2 Å². The van der Waals surface area contributed by atoms with Crippen molar-refractivity contribution >= 4 is 22.6 Å². The standard InChI is InChI=1S/C13H18N2OS/c1-9-7-10(2)17-13(14-9)15-11-5-4-6-12(8-11)16-3/h4-6,8-10H,7H2,1-3H3,(H,14,15). The lowest BCUT2D eigenvalue weighted by Crippen LogP contribution is -2.22. The number of hydrogen-bond acceptors (Lipinski definition) is 4. The van der Waals surface area contributed by atoms with Gasteiger partial charge in [0, 0.05) is 17.0 Å². The minimum atomic E-state index is 0.402. The van der Waals surface area contributed by atoms with E-state index >= 15 is 0 Å². The molecule has 0 saturated carbocycles. The van der Waals surface area contributed by atoms with Crippen LogP contribution in [-0.4, -0.2) is 23.6 Å². The Labute approximate surface area is 107 Å². The normalized spacial score (nSPS) is 24.1. The number of hydrogen-bond donors (Lipinski definition) is 1. The maximum absolute atomic E-state index is 5.20. The van der Waals surface area contributed by atoms with Gasteiger partial charge >= 0.3 is 0 Å². The van der Waals surface area contributed by atoms with E-state index in [9.17, 15) is 0 Å². The summed E-state index contributed by atoms with van der Waals surface area (Å²) in [5.74, 6) is 0.859. The number of ether oxygens (including phenoxy) is 1. The van der Waals surface area contributed by atoms with Gasteiger partial charge in [-0.2, -0.15) is 0 Å². The average Bonchev–Trinajstić information content (AvgIpc) is 2.28. The van der Waals surface area contributed by atoms with Crippen molar-refractivity contribution in [1.29, 1.82) is 0 Å². The van der Waals surface area contributed by atoms with E-state index in [-0.39, 0.29) is 0 Å². The minimum Gasteiger partial charge on any atom is -0.497 e. The van der Waals surface area contributed by atoms with Gasteiger partial charge in [-0.15, -0.1) is 0 Å². The zero-order chi connectivity index (χ0) is 12.3. The van der Waals surface area contributed by atoms with Crippen LogP contribution in [0.4, 0.5) is 5.69 Å². The highest BCUT2D eigenvalue weighted by atomic mass is 32.2. The second-order valence-electron chi connectivity index (χ2n) is 4.30. The molecule has 0 fully saturated rings. The Balaban J connectivity index is 2.09. The third kappa shape index (κ3) is 3.40. The van der Waals surface area contributed by atoms with E-state index in [1.54, 1.807) is 18.9 Å². The first-order valence-electron chi connectivity index (χ1n) is 5.83. The number of anilines is 1. The van der Waals surface area contributed by atoms with E-state index in [4.69, 9.17) is 4.74 Å². The van der Waals surface area contributed by atoms with Gasteiger partial charge in [0.2, 0.25) is 0 Å². The molecule has 2 unspecified atom stereocenters. The summed E-state index contributed by atoms with van der Waals surface area (Å²) in [6, 6.07) is 8.32. The van der Waals surface area contributed by atoms with Crippen LogP contribution >= 0.6 is 11.8 Å². The number of thioether (sulfide) groups is 1. The van der Waals surface area contributed by atoms with E-state index in [1.807, 2.05) is 24.3 Å². The van der Waals surface area contributed by atoms with Gasteiger partial charge in [-0.3, -0.25) is 4.99 Å². The van der Waals surface area contributed by atoms with Crippen molar-refractivity contribution in [3.8, 4) is 5.75 Å². The first kappa shape index (κ1) is 12.3. The smallest absolute Gasteiger partial charge is 0.161 e. The Morgan fingerprint density at radius 3 is 2.94 bits per heavy atom. The van der Waals surface area contributed by atoms with E-state index in [0.29, 0.717) is 11.3 Å². The molecule has 0 radical (unpaired) electrons. The van der Waals surface area contributed by atoms with Crippen molar-refractivity contribution in [3.63, 3.8) is 0 Å². The third-order valence-electron chi connectivity index (χ3n) is 2.64. The number of nitrogens with zero attached hydrogens (tertiary/aromatic N) is 1. The summed E-state index contributed by atoms with van der Waals surface area (Å²) in [4.78, 5) is 4.61. The number of aliphatic imine (C=N–C) groups is 1. The number of nitrogens with one attached hydrogen (secondary N) is 1. The molecule has 92 valence electrons. The van der Waals surface area contributed by atoms with Crippen molar-refractivity contribution in [2.24, 2.45) is 4.99 Å². The Morgan fingerprint density at radius 2 is 2.24 bits per heavy atom. The van der Waals surface area contributed by atoms with Crippen LogP contribution in [0.3, 0.4) is 0 Å². The first-order chi connectivity index (χ1) is 8.17. The van der Waals surface area contributed by atoms with Crippen LogP contribution in [0.5, 0.6) is 5.75 Å². The predicted molar refractivity (Wildman–Crippen MR) is 75.2 cm³/mol. The Hall–Kier alpha value is -1.16. The Bertz CT molecular complexity index is 420. The second-order valence-corrected chi connectivity index (χ2v) is 5.73. The summed E-state index contributed by atoms with van der Waals surface area (Å²) in [5, 5.41) is 4.97. The van der Waals surface area contributed by atoms with Gasteiger partial charge < -0.3 is 10.1 Å². The molecule has 0 saturated heterocycles. The summed E-state index contributed by atoms with van der Waals surface area (Å²) in [6.45, 7) is 4.40. The number of rotatable bonds is 2. The summed E-state index contributed by atoms with van der Waals surface area (Å²) in [7, 11) is 1.68. The summed E-state index contributed by atoms with van der Waals surface area (Å²) in [5.41, 5.74) is 1.02. The molecular weight excluding hydrogens is 232 g/mol. The lowest BCUT2D eigenvalue weighted by atomic mass is 10.2. The van der Waals surface area contributed by atoms with E-state index < -0.39 is 0 Å². The maximum atomic E-state index is 5.20. The van der Waals surface area contributed by atoms with Gasteiger partial charge in [0.1, 0.15) is 5.75 Å². The van der Waals surface area contributed by atoms with Gasteiger partial charge in [-0.1, -0.05) is 24.8 Å². The minimum absolute atomic E-state index is 0.402. The first-order valence-corrected chi connectivity index (χ1v) is 6.71. The molecule has 1 heterocycles. The lowest BCUT2D eigenvalue weighted by molar-refractivity contribution is 0.415. The van der Waals surface area contributed by atoms with Crippen molar-refractivity contribution in [2.75, 3.05) is 12.4 Å². The molecule has 0 aliphatic carbocycles. The second kappa shape index (κ2) is 5.45. The van der Waals surface area contributed by atoms with Gasteiger partial charge in [-0.25, -0.2) is 0 Å². The topological polar surface area (TPSA) is 33.6 Å². The molecule has 1 aliphatic heterocycles. The number of benzene rings is 1. The molecule has 1 aromatic carbocycles. The van der Waals surface area contributed by atoms with Gasteiger partial charge in [0.15, 0.2) is 5.17 Å². The molecule has 17 heavy (non-hydrogen) atoms. The molecule has 0 bridgehead atoms. The SMILES string of the molecule is COc1cccc(NC2=NC(C)CC(C)S2)c1. The monoisotopic (exact) mass is 250 g/mol. The van der Waals surface area contributed by atoms with Crippen molar-refractivity contribution in [3.05, 3.63) is 24.3 Å². The largest absolute Gasteiger partial charge is 0.497 e. The summed E-state index contributed by atoms with van der Waals surface area (Å²) in [6.07, 6.45) is 1.15. The Kier molecular flexibility index (Phi) is 3.94. The Morgan fingerprint density at radius 1 is 1.41 bits per heavy atom. The van der Waals surface area contributed by atoms with Crippen LogP contribution in [-0.2, 0) is 0 Å². The average molecular weight is 250 g/mol. The van der Waals surface area contributed by atoms with Crippen molar-refractivity contribution in [2.45, 2.75) is 31.6 Å². The van der Waals surface area contributed by atoms with Crippen LogP contribution in [0.2, 0.25) is 0 Å². The molecule has 0 aromatic heterocycles. The van der Waals surface area contributed by atoms with Crippen molar-refractivity contribution < 1.29 is 4.74 Å². The van der Waals surface area contributed by atoms with E-state index in [1.165, 1.54) is 0 Å². The summed E-state index contributed by atoms with van der Waals surface area (Å²) < 4.78 is 5.20. The molecule has 1 aromatic rings. The third-order valence-corrected chi connectivity index (χ3v) is 3.67. The van der Waals surface area contributed by atoms with Crippen LogP contribution in [0.25, 0.3) is 0 Å². The van der Waals surface area contributed by atoms with Gasteiger partial charge in [0.05, 0.1) is 13.2 Å². The number of amidine groups is 1. The quantitative estimate of drug-likeness (QED) is 0.873. The maximum Gasteiger partial charge on any atom is 0.161 e. The highest BCUT2D eigenvalue weighted by molar-refractivity contribution is 8.14. The highest BCUT2D eigenvalue weighted by Gasteiger charge is 2.18. The molecule has 4 heteroatoms. The zero-order valence-electron chi connectivity index (χ0n) is 10.4. The fourth-order valence-corrected chi connectivity index (χ4v) is 3.06. The molecule has 0 amide bonds. The summed E-state index contributed by atoms with van der Waals surface area (Å²) >= 11 is 1.80. The zero-order valence-corrected chi connectivity index (χ0v) is 11.3. The van der Waals surface area contributed by atoms with Gasteiger partial charge in [0.25, 0.3) is 0 Å². The van der Waals surface area contributed by atoms with Crippen LogP contribution in [0.1, 0.15) is 20.3 Å². The van der Waals surface area contributed by atoms with Crippen LogP contribution < -0.4 is 10.1 Å². The molecular formula is C13H18N2OS. The van der Waals surface area contributed by atoms with E-state index in [0.717, 1.165) is 23.0 Å². The molecule has 2 atom stereocenters. The predicted octanol–water partition coefficient (Wildman–Crippen LogP) is 3.38. The fraction of sp³-hybridized carbons (Fsp3) is 0.462. The molecule has 1 N–H and O–H groups in total. The molecule has 3 nitrogen and oxygen atoms in total. The fourth-order valence-electron chi connectivity index (χ4n) is 1.89. The molecule has 1 aliphatic rings. The number of methoxy groups -OCH3 is 1. The van der Waals surface area contributed by atoms with Crippen molar-refractivity contribution in [1.82, 2.24) is 0 Å². The van der Waals surface area contributed by atoms with Crippen LogP contribution in [0, 0.1) is 0 Å². The molecule has 2 rings (SSSR count). The highest BCUT2D eigenvalue weighted by Crippen LogP contribution is 2.26. The van der Waals surface area contributed by atoms with Crippen LogP contribution in [0.15, 0.2) is 29.3 Å². The molecule has 0 spiro atoms.